The van der Waals surface area contributed by atoms with Gasteiger partial charge in [0.15, 0.2) is 40.1 Å². The summed E-state index contributed by atoms with van der Waals surface area (Å²) in [5.41, 5.74) is -1.46. The van der Waals surface area contributed by atoms with Gasteiger partial charge in [-0.2, -0.15) is 0 Å². The number of hydrogen-bond donors (Lipinski definition) is 1. The molecule has 1 N–H and O–H groups in total. The van der Waals surface area contributed by atoms with Gasteiger partial charge in [-0.15, -0.1) is 0 Å². The number of alkyl halides is 1. The molecule has 2 aliphatic heterocycles. The van der Waals surface area contributed by atoms with Gasteiger partial charge in [-0.05, 0) is 94.0 Å². The number of likely N-dealkylation sites (N-methyl/N-ethyl adjacent to an activating group) is 2. The highest BCUT2D eigenvalue weighted by atomic mass is 35.5. The molecule has 0 saturated heterocycles. The number of hydrogen-bond acceptors (Lipinski definition) is 13. The summed E-state index contributed by atoms with van der Waals surface area (Å²) in [6.07, 6.45) is 2.24. The number of carboxylic acid groups (broad SMARTS) is 1. The number of aromatic carboxylic acids is 1. The van der Waals surface area contributed by atoms with Crippen molar-refractivity contribution in [2.75, 3.05) is 27.7 Å². The number of ketones is 2. The Hall–Kier alpha value is -6.23. The minimum absolute atomic E-state index is 0.0199. The van der Waals surface area contributed by atoms with Gasteiger partial charge in [0, 0.05) is 55.0 Å². The highest BCUT2D eigenvalue weighted by Gasteiger charge is 2.50. The van der Waals surface area contributed by atoms with Gasteiger partial charge >= 0.3 is 24.1 Å². The first-order valence-electron chi connectivity index (χ1n) is 21.3. The highest BCUT2D eigenvalue weighted by Crippen LogP contribution is 2.44. The van der Waals surface area contributed by atoms with Gasteiger partial charge < -0.3 is 38.3 Å². The Morgan fingerprint density at radius 1 is 0.612 bits per heavy atom. The lowest BCUT2D eigenvalue weighted by molar-refractivity contribution is -0.135. The number of Topliss-reactive ketones (excluding diaryl/α,β-unsaturated/α-hetero) is 2. The lowest BCUT2D eigenvalue weighted by atomic mass is 9.74. The molecule has 0 aromatic heterocycles. The summed E-state index contributed by atoms with van der Waals surface area (Å²) >= 11 is 18.5. The van der Waals surface area contributed by atoms with Crippen molar-refractivity contribution in [3.8, 4) is 23.0 Å². The monoisotopic (exact) mass is 982 g/mol. The fourth-order valence-electron chi connectivity index (χ4n) is 8.31. The summed E-state index contributed by atoms with van der Waals surface area (Å²) in [5, 5.41) is 9.49. The van der Waals surface area contributed by atoms with Crippen molar-refractivity contribution in [1.29, 1.82) is 0 Å². The Labute approximate surface area is 401 Å². The minimum Gasteiger partial charge on any atom is -0.478 e. The lowest BCUT2D eigenvalue weighted by Gasteiger charge is -2.43. The van der Waals surface area contributed by atoms with E-state index in [0.29, 0.717) is 69.9 Å². The number of benzene rings is 4. The summed E-state index contributed by atoms with van der Waals surface area (Å²) in [6, 6.07) is 23.3. The van der Waals surface area contributed by atoms with Crippen molar-refractivity contribution in [1.82, 2.24) is 9.80 Å². The Balaban J connectivity index is 0.000000186. The normalized spacial score (nSPS) is 19.8. The van der Waals surface area contributed by atoms with Gasteiger partial charge in [-0.25, -0.2) is 19.2 Å². The zero-order valence-corrected chi connectivity index (χ0v) is 39.4. The summed E-state index contributed by atoms with van der Waals surface area (Å²) in [5.74, 6) is 0.287. The SMILES string of the molecule is CC(Cl)OC(=O)N(C)[C@]1(c2ccccc2Cl)CCCCC1=O.CC(OC(=O)c1ccc2c(c1)OCO2)OC(=O)N(C)[C@]1(c2ccccc2Cl)CCCCC1=O.O=C(O)c1ccc2c(c1)OCO2. The van der Waals surface area contributed by atoms with Gasteiger partial charge in [0.05, 0.1) is 11.1 Å². The fraction of sp³-hybridized carbons (Fsp3) is 0.375. The first-order valence-corrected chi connectivity index (χ1v) is 22.5. The number of nitrogens with zero attached hydrogens (tertiary/aromatic N) is 2. The molecule has 4 aliphatic rings. The minimum atomic E-state index is -1.24. The molecule has 0 spiro atoms. The second-order valence-electron chi connectivity index (χ2n) is 15.8. The van der Waals surface area contributed by atoms with Crippen LogP contribution in [0.2, 0.25) is 10.0 Å². The molecule has 2 unspecified atom stereocenters. The molecule has 0 bridgehead atoms. The molecule has 2 aliphatic carbocycles. The van der Waals surface area contributed by atoms with Crippen LogP contribution in [0.3, 0.4) is 0 Å². The lowest BCUT2D eigenvalue weighted by Crippen LogP contribution is -2.54. The van der Waals surface area contributed by atoms with Gasteiger partial charge in [0.25, 0.3) is 0 Å². The number of carbonyl (C=O) groups is 6. The number of ether oxygens (including phenoxy) is 7. The van der Waals surface area contributed by atoms with Crippen LogP contribution in [-0.4, -0.2) is 90.1 Å². The van der Waals surface area contributed by atoms with E-state index in [1.54, 1.807) is 68.6 Å². The average molecular weight is 984 g/mol. The maximum absolute atomic E-state index is 13.1. The van der Waals surface area contributed by atoms with E-state index in [4.69, 9.17) is 73.1 Å². The van der Waals surface area contributed by atoms with E-state index in [2.05, 4.69) is 0 Å². The van der Waals surface area contributed by atoms with Gasteiger partial charge in [0.1, 0.15) is 11.1 Å². The number of amides is 2. The number of esters is 1. The standard InChI is InChI=1S/C24H24ClNO7.C16H19Cl2NO3.C8H6O4/c1-15(32-22(28)16-10-11-19-20(13-16)31-14-30-19)33-23(29)26(2)24(12-6-5-9-21(24)27)17-7-3-4-8-18(17)25;1-11(17)22-15(21)19(2)16(10-6-5-9-14(16)20)12-7-3-4-8-13(12)18;9-8(10)5-1-2-6-7(3-5)12-4-11-6/h3-4,7-8,10-11,13,15H,5-6,9,12,14H2,1-2H3;3-4,7-8,11H,5-6,9-10H2,1-2H3;1-3H,4H2,(H,9,10)/t15?,24-;11?,16-;/m00./s1. The second-order valence-corrected chi connectivity index (χ2v) is 17.2. The van der Waals surface area contributed by atoms with Crippen molar-refractivity contribution >= 4 is 70.5 Å². The third kappa shape index (κ3) is 11.1. The fourth-order valence-corrected chi connectivity index (χ4v) is 8.97. The van der Waals surface area contributed by atoms with E-state index in [9.17, 15) is 28.8 Å². The van der Waals surface area contributed by atoms with Gasteiger partial charge in [-0.1, -0.05) is 71.2 Å². The van der Waals surface area contributed by atoms with E-state index in [-0.39, 0.29) is 36.3 Å². The largest absolute Gasteiger partial charge is 0.478 e. The van der Waals surface area contributed by atoms with E-state index in [0.717, 1.165) is 25.7 Å². The number of rotatable bonds is 9. The average Bonchev–Trinajstić information content (AvgIpc) is 3.99. The predicted molar refractivity (Wildman–Crippen MR) is 244 cm³/mol. The summed E-state index contributed by atoms with van der Waals surface area (Å²) in [7, 11) is 3.06. The maximum Gasteiger partial charge on any atom is 0.413 e. The molecule has 2 fully saturated rings. The number of carboxylic acids is 1. The maximum atomic E-state index is 13.1. The highest BCUT2D eigenvalue weighted by molar-refractivity contribution is 6.32. The molecular weight excluding hydrogens is 935 g/mol. The Morgan fingerprint density at radius 2 is 1.04 bits per heavy atom. The van der Waals surface area contributed by atoms with Crippen LogP contribution in [-0.2, 0) is 34.9 Å². The molecule has 4 atom stereocenters. The molecule has 8 rings (SSSR count). The van der Waals surface area contributed by atoms with E-state index < -0.39 is 47.1 Å². The zero-order valence-electron chi connectivity index (χ0n) is 37.1. The Morgan fingerprint density at radius 3 is 1.49 bits per heavy atom. The van der Waals surface area contributed by atoms with Crippen LogP contribution in [0.25, 0.3) is 0 Å². The molecule has 4 aromatic rings. The van der Waals surface area contributed by atoms with Crippen LogP contribution in [0, 0.1) is 0 Å². The van der Waals surface area contributed by atoms with Crippen LogP contribution < -0.4 is 18.9 Å². The molecule has 67 heavy (non-hydrogen) atoms. The summed E-state index contributed by atoms with van der Waals surface area (Å²) in [4.78, 5) is 76.9. The number of fused-ring (bicyclic) bond motifs is 2. The molecule has 2 heterocycles. The van der Waals surface area contributed by atoms with Crippen LogP contribution in [0.1, 0.15) is 97.1 Å². The number of carbonyl (C=O) groups excluding carboxylic acids is 5. The molecule has 356 valence electrons. The molecule has 16 nitrogen and oxygen atoms in total. The topological polar surface area (TPSA) is 194 Å². The molecule has 4 aromatic carbocycles. The van der Waals surface area contributed by atoms with Crippen molar-refractivity contribution in [2.24, 2.45) is 0 Å². The quantitative estimate of drug-likeness (QED) is 0.0946. The molecule has 19 heteroatoms. The summed E-state index contributed by atoms with van der Waals surface area (Å²) in [6.45, 7) is 3.23. The smallest absolute Gasteiger partial charge is 0.413 e. The molecular formula is C48H49Cl3N2O14. The first kappa shape index (κ1) is 50.2. The zero-order chi connectivity index (χ0) is 48.5. The van der Waals surface area contributed by atoms with Gasteiger partial charge in [0.2, 0.25) is 19.9 Å². The second kappa shape index (κ2) is 22.0. The molecule has 0 radical (unpaired) electrons. The summed E-state index contributed by atoms with van der Waals surface area (Å²) < 4.78 is 36.2. The molecule has 2 amide bonds. The van der Waals surface area contributed by atoms with Gasteiger partial charge in [-0.3, -0.25) is 19.4 Å². The molecule has 2 saturated carbocycles. The van der Waals surface area contributed by atoms with Crippen molar-refractivity contribution in [3.63, 3.8) is 0 Å². The van der Waals surface area contributed by atoms with Crippen LogP contribution in [0.4, 0.5) is 9.59 Å². The first-order chi connectivity index (χ1) is 32.0. The predicted octanol–water partition coefficient (Wildman–Crippen LogP) is 10.1. The van der Waals surface area contributed by atoms with Crippen molar-refractivity contribution in [2.45, 2.75) is 88.1 Å². The van der Waals surface area contributed by atoms with E-state index >= 15 is 0 Å². The van der Waals surface area contributed by atoms with E-state index in [1.165, 1.54) is 48.0 Å². The van der Waals surface area contributed by atoms with Crippen LogP contribution in [0.5, 0.6) is 23.0 Å². The number of halogens is 3. The third-order valence-corrected chi connectivity index (χ3v) is 12.4. The Bertz CT molecular complexity index is 2500. The van der Waals surface area contributed by atoms with Crippen molar-refractivity contribution < 1.29 is 67.0 Å². The Kier molecular flexibility index (Phi) is 16.5. The van der Waals surface area contributed by atoms with Crippen molar-refractivity contribution in [3.05, 3.63) is 117 Å². The van der Waals surface area contributed by atoms with E-state index in [1.807, 2.05) is 6.07 Å². The van der Waals surface area contributed by atoms with Crippen LogP contribution >= 0.6 is 34.8 Å². The van der Waals surface area contributed by atoms with Crippen LogP contribution in [0.15, 0.2) is 84.9 Å². The third-order valence-electron chi connectivity index (χ3n) is 11.7.